The summed E-state index contributed by atoms with van der Waals surface area (Å²) in [6.07, 6.45) is 64.5. The van der Waals surface area contributed by atoms with E-state index < -0.39 is 64.4 Å². The van der Waals surface area contributed by atoms with Crippen molar-refractivity contribution in [3.63, 3.8) is 0 Å². The van der Waals surface area contributed by atoms with Crippen LogP contribution in [0.25, 0.3) is 0 Å². The quantitative estimate of drug-likeness (QED) is 0.0197. The van der Waals surface area contributed by atoms with Crippen LogP contribution in [-0.2, 0) is 42.2 Å². The molecule has 3 atom stereocenters. The highest BCUT2D eigenvalue weighted by Crippen LogP contribution is 2.43. The van der Waals surface area contributed by atoms with Gasteiger partial charge in [-0.15, -0.1) is 0 Å². The number of allylic oxidation sites excluding steroid dienone is 22. The molecule has 0 fully saturated rings. The Hall–Kier alpha value is -4.64. The fourth-order valence-corrected chi connectivity index (χ4v) is 6.74. The van der Waals surface area contributed by atoms with E-state index in [9.17, 15) is 28.9 Å². The Labute approximate surface area is 422 Å². The summed E-state index contributed by atoms with van der Waals surface area (Å²) in [4.78, 5) is 48.2. The SMILES string of the molecule is CC/C=C\C/C=C\C/C=C\C/C=C\C/C=C\CC(=O)OC(CO)COP(=O)(O)OCC(COC(=O)CCCCCCC/C=C\C/C=C\CCC)OC(=O)C/C=C\C/C=C\C/C=C\C/C=C\C/C=C\CC. The van der Waals surface area contributed by atoms with E-state index in [1.165, 1.54) is 0 Å². The molecule has 0 rings (SSSR count). The molecular weight excluding hydrogens is 904 g/mol. The standard InChI is InChI=1S/C58H89O11P/c1-4-7-10-13-16-19-22-25-27-30-33-36-39-42-45-48-57(61)68-54(50-59)52-66-70(63,64)67-53-55(51-65-56(60)47-44-41-38-35-32-29-24-21-18-15-12-9-6-3)69-58(62)49-46-43-40-37-34-31-28-26-23-20-17-14-11-8-5-2/h7-8,10-12,15-17,19-21,24-28,33-34,36-37,42-43,45-46,54-55,59H,4-6,9,13-14,18,22-23,29-32,35,38-41,44,47-53H2,1-3H3,(H,63,64)/b10-7-,11-8-,15-12-,19-16-,20-17-,24-21-,27-25-,28-26-,36-33-,37-34-,45-42-,46-43-. The van der Waals surface area contributed by atoms with Gasteiger partial charge in [-0.3, -0.25) is 23.4 Å². The first-order valence-electron chi connectivity index (χ1n) is 25.7. The number of phosphoric ester groups is 1. The highest BCUT2D eigenvalue weighted by molar-refractivity contribution is 7.47. The Morgan fingerprint density at radius 2 is 0.786 bits per heavy atom. The molecule has 11 nitrogen and oxygen atoms in total. The summed E-state index contributed by atoms with van der Waals surface area (Å²) < 4.78 is 39.1. The van der Waals surface area contributed by atoms with Gasteiger partial charge < -0.3 is 24.2 Å². The summed E-state index contributed by atoms with van der Waals surface area (Å²) in [6, 6.07) is 0. The second kappa shape index (κ2) is 50.7. The molecule has 0 bridgehead atoms. The average Bonchev–Trinajstić information content (AvgIpc) is 3.35. The number of rotatable bonds is 45. The summed E-state index contributed by atoms with van der Waals surface area (Å²) >= 11 is 0. The van der Waals surface area contributed by atoms with E-state index in [1.807, 2.05) is 36.5 Å². The van der Waals surface area contributed by atoms with Crippen molar-refractivity contribution >= 4 is 25.7 Å². The molecule has 12 heteroatoms. The molecule has 0 aliphatic rings. The lowest BCUT2D eigenvalue weighted by Gasteiger charge is -2.21. The van der Waals surface area contributed by atoms with Gasteiger partial charge in [0.2, 0.25) is 0 Å². The second-order valence-electron chi connectivity index (χ2n) is 16.2. The Balaban J connectivity index is 4.98. The zero-order valence-electron chi connectivity index (χ0n) is 42.9. The number of unbranched alkanes of at least 4 members (excludes halogenated alkanes) is 6. The van der Waals surface area contributed by atoms with Crippen molar-refractivity contribution in [3.8, 4) is 0 Å². The zero-order valence-corrected chi connectivity index (χ0v) is 43.8. The minimum absolute atomic E-state index is 0.0712. The van der Waals surface area contributed by atoms with Gasteiger partial charge in [0.25, 0.3) is 0 Å². The van der Waals surface area contributed by atoms with Crippen LogP contribution in [0.3, 0.4) is 0 Å². The summed E-state index contributed by atoms with van der Waals surface area (Å²) in [5.41, 5.74) is 0. The number of ether oxygens (including phenoxy) is 3. The maximum atomic E-state index is 12.8. The van der Waals surface area contributed by atoms with E-state index in [-0.39, 0.29) is 19.3 Å². The van der Waals surface area contributed by atoms with Crippen LogP contribution in [0.5, 0.6) is 0 Å². The molecule has 0 aliphatic carbocycles. The molecular formula is C58H89O11P. The van der Waals surface area contributed by atoms with Gasteiger partial charge in [0.05, 0.1) is 32.7 Å². The maximum absolute atomic E-state index is 12.8. The van der Waals surface area contributed by atoms with Gasteiger partial charge in [-0.1, -0.05) is 192 Å². The molecule has 0 spiro atoms. The van der Waals surface area contributed by atoms with Crippen LogP contribution in [0.2, 0.25) is 0 Å². The van der Waals surface area contributed by atoms with E-state index >= 15 is 0 Å². The molecule has 0 saturated carbocycles. The van der Waals surface area contributed by atoms with E-state index in [4.69, 9.17) is 23.3 Å². The average molecular weight is 993 g/mol. The van der Waals surface area contributed by atoms with Gasteiger partial charge in [-0.2, -0.15) is 0 Å². The van der Waals surface area contributed by atoms with Crippen molar-refractivity contribution in [2.45, 2.75) is 174 Å². The molecule has 0 aromatic carbocycles. The highest BCUT2D eigenvalue weighted by atomic mass is 31.2. The molecule has 0 amide bonds. The monoisotopic (exact) mass is 993 g/mol. The third-order valence-corrected chi connectivity index (χ3v) is 10.7. The van der Waals surface area contributed by atoms with Gasteiger partial charge in [0.15, 0.2) is 6.10 Å². The lowest BCUT2D eigenvalue weighted by Crippen LogP contribution is -2.30. The van der Waals surface area contributed by atoms with Crippen LogP contribution >= 0.6 is 7.82 Å². The number of carbonyl (C=O) groups excluding carboxylic acids is 3. The smallest absolute Gasteiger partial charge is 0.462 e. The molecule has 0 aliphatic heterocycles. The maximum Gasteiger partial charge on any atom is 0.472 e. The van der Waals surface area contributed by atoms with Gasteiger partial charge in [-0.25, -0.2) is 4.57 Å². The number of aliphatic hydroxyl groups is 1. The first kappa shape index (κ1) is 65.4. The first-order valence-corrected chi connectivity index (χ1v) is 27.2. The third kappa shape index (κ3) is 48.4. The zero-order chi connectivity index (χ0) is 51.3. The van der Waals surface area contributed by atoms with Crippen molar-refractivity contribution in [2.24, 2.45) is 0 Å². The Bertz CT molecular complexity index is 1730. The normalized spacial score (nSPS) is 14.6. The number of hydrogen-bond acceptors (Lipinski definition) is 10. The molecule has 0 radical (unpaired) electrons. The van der Waals surface area contributed by atoms with Crippen molar-refractivity contribution in [3.05, 3.63) is 146 Å². The van der Waals surface area contributed by atoms with Crippen LogP contribution in [-0.4, -0.2) is 66.5 Å². The van der Waals surface area contributed by atoms with Crippen LogP contribution in [0.15, 0.2) is 146 Å². The molecule has 3 unspecified atom stereocenters. The summed E-state index contributed by atoms with van der Waals surface area (Å²) in [5.74, 6) is -1.80. The fraction of sp³-hybridized carbons (Fsp3) is 0.534. The number of carbonyl (C=O) groups is 3. The van der Waals surface area contributed by atoms with Gasteiger partial charge in [-0.05, 0) is 96.3 Å². The minimum atomic E-state index is -4.80. The number of esters is 3. The van der Waals surface area contributed by atoms with Crippen LogP contribution in [0.4, 0.5) is 0 Å². The van der Waals surface area contributed by atoms with E-state index in [0.717, 1.165) is 103 Å². The predicted octanol–water partition coefficient (Wildman–Crippen LogP) is 14.8. The van der Waals surface area contributed by atoms with E-state index in [0.29, 0.717) is 19.3 Å². The van der Waals surface area contributed by atoms with Gasteiger partial charge >= 0.3 is 25.7 Å². The first-order chi connectivity index (χ1) is 34.2. The summed E-state index contributed by atoms with van der Waals surface area (Å²) in [6.45, 7) is 4.06. The van der Waals surface area contributed by atoms with Crippen molar-refractivity contribution in [1.82, 2.24) is 0 Å². The molecule has 70 heavy (non-hydrogen) atoms. The second-order valence-corrected chi connectivity index (χ2v) is 17.7. The summed E-state index contributed by atoms with van der Waals surface area (Å²) in [5, 5.41) is 9.76. The van der Waals surface area contributed by atoms with Crippen LogP contribution in [0.1, 0.15) is 162 Å². The van der Waals surface area contributed by atoms with Gasteiger partial charge in [0.1, 0.15) is 12.7 Å². The fourth-order valence-electron chi connectivity index (χ4n) is 5.95. The van der Waals surface area contributed by atoms with Crippen molar-refractivity contribution in [1.29, 1.82) is 0 Å². The van der Waals surface area contributed by atoms with Crippen LogP contribution < -0.4 is 0 Å². The Kier molecular flexibility index (Phi) is 47.4. The lowest BCUT2D eigenvalue weighted by atomic mass is 10.1. The Morgan fingerprint density at radius 1 is 0.429 bits per heavy atom. The number of aliphatic hydroxyl groups excluding tert-OH is 1. The number of phosphoric acid groups is 1. The molecule has 0 aromatic rings. The molecule has 0 heterocycles. The summed E-state index contributed by atoms with van der Waals surface area (Å²) in [7, 11) is -4.80. The predicted molar refractivity (Wildman–Crippen MR) is 288 cm³/mol. The van der Waals surface area contributed by atoms with Gasteiger partial charge in [0, 0.05) is 6.42 Å². The van der Waals surface area contributed by atoms with Crippen molar-refractivity contribution in [2.75, 3.05) is 26.4 Å². The highest BCUT2D eigenvalue weighted by Gasteiger charge is 2.28. The van der Waals surface area contributed by atoms with Crippen LogP contribution in [0, 0.1) is 0 Å². The van der Waals surface area contributed by atoms with E-state index in [1.54, 1.807) is 12.2 Å². The lowest BCUT2D eigenvalue weighted by molar-refractivity contribution is -0.160. The molecule has 0 aromatic heterocycles. The topological polar surface area (TPSA) is 155 Å². The largest absolute Gasteiger partial charge is 0.472 e. The van der Waals surface area contributed by atoms with Crippen molar-refractivity contribution < 1.29 is 52.2 Å². The molecule has 0 saturated heterocycles. The van der Waals surface area contributed by atoms with E-state index in [2.05, 4.69) is 118 Å². The number of hydrogen-bond donors (Lipinski definition) is 2. The Morgan fingerprint density at radius 3 is 1.21 bits per heavy atom. The molecule has 392 valence electrons. The third-order valence-electron chi connectivity index (χ3n) is 9.77. The molecule has 2 N–H and O–H groups in total. The minimum Gasteiger partial charge on any atom is -0.462 e.